The molecule has 1 aromatic carbocycles. The maximum Gasteiger partial charge on any atom is 0.243 e. The second-order valence-electron chi connectivity index (χ2n) is 6.44. The summed E-state index contributed by atoms with van der Waals surface area (Å²) in [6.07, 6.45) is 5.75. The number of carbonyl (C=O) groups excluding carboxylic acids is 1. The van der Waals surface area contributed by atoms with E-state index in [1.165, 1.54) is 0 Å². The first kappa shape index (κ1) is 18.5. The van der Waals surface area contributed by atoms with E-state index in [2.05, 4.69) is 5.32 Å². The third-order valence-corrected chi connectivity index (χ3v) is 3.86. The van der Waals surface area contributed by atoms with E-state index in [1.807, 2.05) is 50.2 Å². The first-order chi connectivity index (χ1) is 11.5. The number of likely N-dealkylation sites (N-methyl/N-ethyl adjacent to an activating group) is 1. The van der Waals surface area contributed by atoms with E-state index in [1.54, 1.807) is 6.08 Å². The van der Waals surface area contributed by atoms with Crippen molar-refractivity contribution in [1.82, 2.24) is 10.2 Å². The van der Waals surface area contributed by atoms with Gasteiger partial charge in [0.15, 0.2) is 0 Å². The van der Waals surface area contributed by atoms with E-state index >= 15 is 0 Å². The van der Waals surface area contributed by atoms with E-state index < -0.39 is 0 Å². The molecule has 1 heterocycles. The summed E-state index contributed by atoms with van der Waals surface area (Å²) >= 11 is 0. The lowest BCUT2D eigenvalue weighted by molar-refractivity contribution is -0.116. The minimum atomic E-state index is -0.0949. The van der Waals surface area contributed by atoms with E-state index in [0.717, 1.165) is 42.9 Å². The predicted octanol–water partition coefficient (Wildman–Crippen LogP) is 2.29. The van der Waals surface area contributed by atoms with Gasteiger partial charge < -0.3 is 19.7 Å². The zero-order valence-corrected chi connectivity index (χ0v) is 14.9. The van der Waals surface area contributed by atoms with Crippen molar-refractivity contribution in [3.05, 3.63) is 41.5 Å². The van der Waals surface area contributed by atoms with Crippen molar-refractivity contribution in [2.75, 3.05) is 33.9 Å². The van der Waals surface area contributed by atoms with Crippen molar-refractivity contribution in [2.45, 2.75) is 32.4 Å². The maximum absolute atomic E-state index is 11.9. The van der Waals surface area contributed by atoms with Gasteiger partial charge in [0.2, 0.25) is 5.91 Å². The maximum atomic E-state index is 11.9. The van der Waals surface area contributed by atoms with Crippen LogP contribution < -0.4 is 10.1 Å². The van der Waals surface area contributed by atoms with Gasteiger partial charge >= 0.3 is 0 Å². The van der Waals surface area contributed by atoms with Gasteiger partial charge in [-0.15, -0.1) is 0 Å². The van der Waals surface area contributed by atoms with Gasteiger partial charge in [-0.1, -0.05) is 18.2 Å². The molecule has 1 atom stereocenters. The van der Waals surface area contributed by atoms with Gasteiger partial charge in [-0.25, -0.2) is 0 Å². The molecule has 24 heavy (non-hydrogen) atoms. The van der Waals surface area contributed by atoms with Crippen LogP contribution in [0, 0.1) is 6.92 Å². The Balaban J connectivity index is 1.88. The van der Waals surface area contributed by atoms with Crippen LogP contribution in [0.25, 0.3) is 0 Å². The van der Waals surface area contributed by atoms with Gasteiger partial charge in [0, 0.05) is 31.3 Å². The molecule has 0 bridgehead atoms. The number of hydrogen-bond acceptors (Lipinski definition) is 4. The minimum Gasteiger partial charge on any atom is -0.491 e. The lowest BCUT2D eigenvalue weighted by Crippen LogP contribution is -2.22. The number of hydrogen-bond donors (Lipinski definition) is 1. The van der Waals surface area contributed by atoms with Crippen molar-refractivity contribution in [2.24, 2.45) is 0 Å². The minimum absolute atomic E-state index is 0.0949. The van der Waals surface area contributed by atoms with Gasteiger partial charge in [0.05, 0.1) is 6.10 Å². The van der Waals surface area contributed by atoms with Crippen molar-refractivity contribution >= 4 is 5.91 Å². The number of carbonyl (C=O) groups is 1. The zero-order chi connectivity index (χ0) is 17.4. The SMILES string of the molecule is Cc1ccc(CNC(=O)/C=C/CN(C)C)c(OCC2CCCO2)c1. The number of nitrogens with one attached hydrogen (secondary N) is 1. The predicted molar refractivity (Wildman–Crippen MR) is 95.2 cm³/mol. The molecule has 1 aromatic rings. The molecule has 1 unspecified atom stereocenters. The van der Waals surface area contributed by atoms with Crippen molar-refractivity contribution in [3.8, 4) is 5.75 Å². The summed E-state index contributed by atoms with van der Waals surface area (Å²) in [7, 11) is 3.93. The molecule has 0 radical (unpaired) electrons. The standard InChI is InChI=1S/C19H28N2O3/c1-15-8-9-16(13-20-19(22)7-4-10-21(2)3)18(12-15)24-14-17-6-5-11-23-17/h4,7-9,12,17H,5-6,10-11,13-14H2,1-3H3,(H,20,22)/b7-4+. The Morgan fingerprint density at radius 3 is 3.00 bits per heavy atom. The summed E-state index contributed by atoms with van der Waals surface area (Å²) in [4.78, 5) is 13.9. The Morgan fingerprint density at radius 2 is 2.29 bits per heavy atom. The fourth-order valence-electron chi connectivity index (χ4n) is 2.51. The Kier molecular flexibility index (Phi) is 7.28. The van der Waals surface area contributed by atoms with Gasteiger partial charge in [0.25, 0.3) is 0 Å². The summed E-state index contributed by atoms with van der Waals surface area (Å²) in [6, 6.07) is 6.05. The number of ether oxygens (including phenoxy) is 2. The second kappa shape index (κ2) is 9.45. The molecule has 1 aliphatic heterocycles. The molecule has 0 saturated carbocycles. The van der Waals surface area contributed by atoms with Crippen LogP contribution in [0.15, 0.2) is 30.4 Å². The molecule has 1 aliphatic rings. The van der Waals surface area contributed by atoms with Crippen LogP contribution in [0.1, 0.15) is 24.0 Å². The fraction of sp³-hybridized carbons (Fsp3) is 0.526. The highest BCUT2D eigenvalue weighted by Crippen LogP contribution is 2.22. The third-order valence-electron chi connectivity index (χ3n) is 3.86. The van der Waals surface area contributed by atoms with E-state index in [0.29, 0.717) is 13.2 Å². The summed E-state index contributed by atoms with van der Waals surface area (Å²) in [5, 5.41) is 2.90. The number of benzene rings is 1. The summed E-state index contributed by atoms with van der Waals surface area (Å²) < 4.78 is 11.5. The van der Waals surface area contributed by atoms with Crippen molar-refractivity contribution in [3.63, 3.8) is 0 Å². The smallest absolute Gasteiger partial charge is 0.243 e. The van der Waals surface area contributed by atoms with Crippen molar-refractivity contribution in [1.29, 1.82) is 0 Å². The number of nitrogens with zero attached hydrogens (tertiary/aromatic N) is 1. The molecule has 1 amide bonds. The van der Waals surface area contributed by atoms with Crippen LogP contribution in [0.3, 0.4) is 0 Å². The van der Waals surface area contributed by atoms with Crippen LogP contribution in [-0.2, 0) is 16.1 Å². The Bertz CT molecular complexity index is 564. The summed E-state index contributed by atoms with van der Waals surface area (Å²) in [6.45, 7) is 4.61. The van der Waals surface area contributed by atoms with E-state index in [-0.39, 0.29) is 12.0 Å². The Labute approximate surface area is 144 Å². The highest BCUT2D eigenvalue weighted by atomic mass is 16.5. The average molecular weight is 332 g/mol. The average Bonchev–Trinajstić information content (AvgIpc) is 3.05. The summed E-state index contributed by atoms with van der Waals surface area (Å²) in [5.74, 6) is 0.727. The lowest BCUT2D eigenvalue weighted by atomic mass is 10.1. The molecule has 132 valence electrons. The topological polar surface area (TPSA) is 50.8 Å². The first-order valence-electron chi connectivity index (χ1n) is 8.47. The monoisotopic (exact) mass is 332 g/mol. The molecule has 1 saturated heterocycles. The molecule has 5 nitrogen and oxygen atoms in total. The van der Waals surface area contributed by atoms with Crippen LogP contribution in [0.2, 0.25) is 0 Å². The molecule has 1 N–H and O–H groups in total. The van der Waals surface area contributed by atoms with Gasteiger partial charge in [0.1, 0.15) is 12.4 Å². The number of amides is 1. The first-order valence-corrected chi connectivity index (χ1v) is 8.47. The number of aryl methyl sites for hydroxylation is 1. The largest absolute Gasteiger partial charge is 0.491 e. The molecule has 5 heteroatoms. The molecule has 0 aliphatic carbocycles. The molecule has 1 fully saturated rings. The highest BCUT2D eigenvalue weighted by molar-refractivity contribution is 5.87. The second-order valence-corrected chi connectivity index (χ2v) is 6.44. The van der Waals surface area contributed by atoms with Crippen LogP contribution >= 0.6 is 0 Å². The Morgan fingerprint density at radius 1 is 1.46 bits per heavy atom. The molecule has 2 rings (SSSR count). The molecule has 0 spiro atoms. The van der Waals surface area contributed by atoms with Crippen molar-refractivity contribution < 1.29 is 14.3 Å². The van der Waals surface area contributed by atoms with Crippen LogP contribution in [0.5, 0.6) is 5.75 Å². The number of rotatable bonds is 8. The van der Waals surface area contributed by atoms with Crippen LogP contribution in [0.4, 0.5) is 0 Å². The normalized spacial score (nSPS) is 17.6. The Hall–Kier alpha value is -1.85. The quantitative estimate of drug-likeness (QED) is 0.742. The van der Waals surface area contributed by atoms with Gasteiger partial charge in [-0.2, -0.15) is 0 Å². The molecular formula is C19H28N2O3. The van der Waals surface area contributed by atoms with Gasteiger partial charge in [-0.05, 0) is 45.5 Å². The third kappa shape index (κ3) is 6.34. The zero-order valence-electron chi connectivity index (χ0n) is 14.9. The van der Waals surface area contributed by atoms with Crippen LogP contribution in [-0.4, -0.2) is 50.8 Å². The van der Waals surface area contributed by atoms with E-state index in [4.69, 9.17) is 9.47 Å². The highest BCUT2D eigenvalue weighted by Gasteiger charge is 2.17. The molecular weight excluding hydrogens is 304 g/mol. The van der Waals surface area contributed by atoms with Gasteiger partial charge in [-0.3, -0.25) is 4.79 Å². The van der Waals surface area contributed by atoms with E-state index in [9.17, 15) is 4.79 Å². The fourth-order valence-corrected chi connectivity index (χ4v) is 2.51. The summed E-state index contributed by atoms with van der Waals surface area (Å²) in [5.41, 5.74) is 2.12. The molecule has 0 aromatic heterocycles. The lowest BCUT2D eigenvalue weighted by Gasteiger charge is -2.15.